The quantitative estimate of drug-likeness (QED) is 0.567. The molecule has 2 aromatic heterocycles. The highest BCUT2D eigenvalue weighted by atomic mass is 19.1. The Morgan fingerprint density at radius 3 is 2.56 bits per heavy atom. The second-order valence-corrected chi connectivity index (χ2v) is 6.79. The SMILES string of the molecule is Cc1c(-c2ccc3c(O)n(C(C)C)cc3c2)nnn1-c1ccc(F)cc1F. The van der Waals surface area contributed by atoms with Crippen LogP contribution in [0, 0.1) is 18.6 Å². The Morgan fingerprint density at radius 2 is 1.85 bits per heavy atom. The Bertz CT molecular complexity index is 1160. The molecule has 0 amide bonds. The minimum atomic E-state index is -0.705. The molecule has 4 rings (SSSR count). The van der Waals surface area contributed by atoms with Crippen LogP contribution in [0.25, 0.3) is 27.7 Å². The Balaban J connectivity index is 1.81. The molecule has 0 saturated heterocycles. The lowest BCUT2D eigenvalue weighted by Crippen LogP contribution is -2.02. The van der Waals surface area contributed by atoms with E-state index in [9.17, 15) is 13.9 Å². The van der Waals surface area contributed by atoms with E-state index in [1.54, 1.807) is 11.5 Å². The average molecular weight is 368 g/mol. The van der Waals surface area contributed by atoms with Gasteiger partial charge in [-0.15, -0.1) is 5.10 Å². The first-order valence-electron chi connectivity index (χ1n) is 8.58. The predicted molar refractivity (Wildman–Crippen MR) is 99.0 cm³/mol. The molecule has 1 N–H and O–H groups in total. The van der Waals surface area contributed by atoms with Gasteiger partial charge in [-0.3, -0.25) is 0 Å². The zero-order valence-corrected chi connectivity index (χ0v) is 15.1. The van der Waals surface area contributed by atoms with Crippen LogP contribution in [0.4, 0.5) is 8.78 Å². The summed E-state index contributed by atoms with van der Waals surface area (Å²) in [6.07, 6.45) is 1.89. The molecule has 4 aromatic rings. The van der Waals surface area contributed by atoms with Gasteiger partial charge in [-0.05, 0) is 45.0 Å². The number of fused-ring (bicyclic) bond motifs is 1. The molecule has 0 saturated carbocycles. The van der Waals surface area contributed by atoms with Gasteiger partial charge in [0.2, 0.25) is 0 Å². The lowest BCUT2D eigenvalue weighted by Gasteiger charge is -2.07. The van der Waals surface area contributed by atoms with Crippen LogP contribution < -0.4 is 0 Å². The average Bonchev–Trinajstić information content (AvgIpc) is 3.15. The topological polar surface area (TPSA) is 55.9 Å². The third-order valence-electron chi connectivity index (χ3n) is 4.68. The van der Waals surface area contributed by atoms with E-state index in [-0.39, 0.29) is 17.6 Å². The van der Waals surface area contributed by atoms with E-state index in [4.69, 9.17) is 0 Å². The summed E-state index contributed by atoms with van der Waals surface area (Å²) in [5.41, 5.74) is 2.16. The second-order valence-electron chi connectivity index (χ2n) is 6.79. The summed E-state index contributed by atoms with van der Waals surface area (Å²) in [6.45, 7) is 5.76. The molecule has 138 valence electrons. The first-order valence-corrected chi connectivity index (χ1v) is 8.58. The number of hydrogen-bond donors (Lipinski definition) is 1. The Morgan fingerprint density at radius 1 is 1.07 bits per heavy atom. The van der Waals surface area contributed by atoms with Crippen LogP contribution in [0.15, 0.2) is 42.6 Å². The van der Waals surface area contributed by atoms with E-state index in [0.717, 1.165) is 22.4 Å². The van der Waals surface area contributed by atoms with Gasteiger partial charge in [0.15, 0.2) is 11.7 Å². The highest BCUT2D eigenvalue weighted by Crippen LogP contribution is 2.33. The number of rotatable bonds is 3. The molecule has 2 aromatic carbocycles. The van der Waals surface area contributed by atoms with Crippen molar-refractivity contribution in [3.63, 3.8) is 0 Å². The Hall–Kier alpha value is -3.22. The fourth-order valence-corrected chi connectivity index (χ4v) is 3.24. The van der Waals surface area contributed by atoms with Crippen molar-refractivity contribution < 1.29 is 13.9 Å². The monoisotopic (exact) mass is 368 g/mol. The van der Waals surface area contributed by atoms with Crippen molar-refractivity contribution in [2.45, 2.75) is 26.8 Å². The molecule has 5 nitrogen and oxygen atoms in total. The van der Waals surface area contributed by atoms with Gasteiger partial charge in [-0.25, -0.2) is 13.5 Å². The maximum Gasteiger partial charge on any atom is 0.199 e. The molecular weight excluding hydrogens is 350 g/mol. The minimum Gasteiger partial charge on any atom is -0.494 e. The highest BCUT2D eigenvalue weighted by molar-refractivity contribution is 5.91. The largest absolute Gasteiger partial charge is 0.494 e. The van der Waals surface area contributed by atoms with Gasteiger partial charge in [0, 0.05) is 34.6 Å². The van der Waals surface area contributed by atoms with Crippen LogP contribution in [0.3, 0.4) is 0 Å². The zero-order chi connectivity index (χ0) is 19.3. The maximum absolute atomic E-state index is 14.1. The third kappa shape index (κ3) is 2.75. The van der Waals surface area contributed by atoms with Crippen LogP contribution in [0.1, 0.15) is 25.6 Å². The Kier molecular flexibility index (Phi) is 3.95. The molecule has 0 aliphatic carbocycles. The summed E-state index contributed by atoms with van der Waals surface area (Å²) in [7, 11) is 0. The van der Waals surface area contributed by atoms with Crippen molar-refractivity contribution in [2.24, 2.45) is 0 Å². The van der Waals surface area contributed by atoms with E-state index >= 15 is 0 Å². The maximum atomic E-state index is 14.1. The number of nitrogens with zero attached hydrogens (tertiary/aromatic N) is 4. The first kappa shape index (κ1) is 17.2. The van der Waals surface area contributed by atoms with Gasteiger partial charge in [0.25, 0.3) is 0 Å². The molecule has 27 heavy (non-hydrogen) atoms. The summed E-state index contributed by atoms with van der Waals surface area (Å²) in [5.74, 6) is -1.13. The molecule has 0 aliphatic heterocycles. The van der Waals surface area contributed by atoms with Gasteiger partial charge in [0.05, 0.1) is 5.69 Å². The van der Waals surface area contributed by atoms with Crippen LogP contribution in [-0.4, -0.2) is 24.7 Å². The van der Waals surface area contributed by atoms with Gasteiger partial charge in [-0.1, -0.05) is 11.3 Å². The normalized spacial score (nSPS) is 11.6. The van der Waals surface area contributed by atoms with Crippen molar-refractivity contribution in [1.29, 1.82) is 0 Å². The first-order chi connectivity index (χ1) is 12.9. The second kappa shape index (κ2) is 6.19. The molecule has 0 aliphatic rings. The summed E-state index contributed by atoms with van der Waals surface area (Å²) >= 11 is 0. The molecule has 2 heterocycles. The number of halogens is 2. The summed E-state index contributed by atoms with van der Waals surface area (Å²) < 4.78 is 30.4. The standard InChI is InChI=1S/C20H18F2N4O/c1-11(2)25-10-14-8-13(4-6-16(14)20(25)27)19-12(3)26(24-23-19)18-7-5-15(21)9-17(18)22/h4-11,27H,1-3H3. The van der Waals surface area contributed by atoms with Crippen molar-refractivity contribution >= 4 is 10.8 Å². The molecule has 0 spiro atoms. The lowest BCUT2D eigenvalue weighted by molar-refractivity contribution is 0.405. The molecule has 0 atom stereocenters. The van der Waals surface area contributed by atoms with E-state index in [2.05, 4.69) is 10.3 Å². The van der Waals surface area contributed by atoms with Gasteiger partial charge in [0.1, 0.15) is 17.2 Å². The molecule has 0 fully saturated rings. The molecule has 7 heteroatoms. The van der Waals surface area contributed by atoms with Crippen LogP contribution in [-0.2, 0) is 0 Å². The molecule has 0 unspecified atom stereocenters. The Labute approximate surface area is 154 Å². The van der Waals surface area contributed by atoms with E-state index in [0.29, 0.717) is 11.4 Å². The lowest BCUT2D eigenvalue weighted by atomic mass is 10.1. The van der Waals surface area contributed by atoms with Gasteiger partial charge < -0.3 is 9.67 Å². The van der Waals surface area contributed by atoms with Crippen molar-refractivity contribution in [3.8, 4) is 22.8 Å². The van der Waals surface area contributed by atoms with Gasteiger partial charge in [-0.2, -0.15) is 0 Å². The minimum absolute atomic E-state index is 0.130. The van der Waals surface area contributed by atoms with E-state index in [1.807, 2.05) is 38.2 Å². The molecule has 0 bridgehead atoms. The summed E-state index contributed by atoms with van der Waals surface area (Å²) in [6, 6.07) is 9.05. The summed E-state index contributed by atoms with van der Waals surface area (Å²) in [4.78, 5) is 0. The van der Waals surface area contributed by atoms with Crippen molar-refractivity contribution in [3.05, 3.63) is 59.9 Å². The smallest absolute Gasteiger partial charge is 0.199 e. The van der Waals surface area contributed by atoms with Crippen LogP contribution in [0.5, 0.6) is 5.88 Å². The van der Waals surface area contributed by atoms with E-state index in [1.165, 1.54) is 16.8 Å². The fraction of sp³-hybridized carbons (Fsp3) is 0.200. The summed E-state index contributed by atoms with van der Waals surface area (Å²) in [5, 5.41) is 20.2. The van der Waals surface area contributed by atoms with Crippen LogP contribution >= 0.6 is 0 Å². The highest BCUT2D eigenvalue weighted by Gasteiger charge is 2.17. The van der Waals surface area contributed by atoms with E-state index < -0.39 is 11.6 Å². The van der Waals surface area contributed by atoms with Crippen molar-refractivity contribution in [2.75, 3.05) is 0 Å². The van der Waals surface area contributed by atoms with Crippen LogP contribution in [0.2, 0.25) is 0 Å². The molecule has 0 radical (unpaired) electrons. The molecular formula is C20H18F2N4O. The zero-order valence-electron chi connectivity index (χ0n) is 15.1. The van der Waals surface area contributed by atoms with Gasteiger partial charge >= 0.3 is 0 Å². The van der Waals surface area contributed by atoms with Crippen molar-refractivity contribution in [1.82, 2.24) is 19.6 Å². The number of aromatic nitrogens is 4. The predicted octanol–water partition coefficient (Wildman–Crippen LogP) is 4.76. The number of aromatic hydroxyl groups is 1. The number of hydrogen-bond acceptors (Lipinski definition) is 3. The number of benzene rings is 2. The fourth-order valence-electron chi connectivity index (χ4n) is 3.24. The third-order valence-corrected chi connectivity index (χ3v) is 4.68.